The first-order chi connectivity index (χ1) is 9.78. The van der Waals surface area contributed by atoms with Crippen LogP contribution < -0.4 is 5.73 Å². The van der Waals surface area contributed by atoms with Crippen molar-refractivity contribution in [3.8, 4) is 0 Å². The number of fused-ring (bicyclic) bond motifs is 1. The lowest BCUT2D eigenvalue weighted by Crippen LogP contribution is -2.02. The van der Waals surface area contributed by atoms with E-state index in [2.05, 4.69) is 55.9 Å². The lowest BCUT2D eigenvalue weighted by molar-refractivity contribution is 0.800. The molecule has 0 aliphatic carbocycles. The zero-order valence-electron chi connectivity index (χ0n) is 11.1. The van der Waals surface area contributed by atoms with Crippen LogP contribution in [0.2, 0.25) is 0 Å². The molecular formula is C16H16BrN3. The molecule has 3 aromatic rings. The highest BCUT2D eigenvalue weighted by Crippen LogP contribution is 2.22. The van der Waals surface area contributed by atoms with E-state index in [4.69, 9.17) is 5.73 Å². The number of benzene rings is 1. The van der Waals surface area contributed by atoms with Gasteiger partial charge >= 0.3 is 0 Å². The fourth-order valence-corrected chi connectivity index (χ4v) is 2.72. The van der Waals surface area contributed by atoms with Crippen molar-refractivity contribution < 1.29 is 0 Å². The molecule has 0 amide bonds. The molecule has 2 N–H and O–H groups in total. The highest BCUT2D eigenvalue weighted by molar-refractivity contribution is 9.10. The fourth-order valence-electron chi connectivity index (χ4n) is 2.48. The van der Waals surface area contributed by atoms with E-state index in [9.17, 15) is 0 Å². The largest absolute Gasteiger partial charge is 0.341 e. The van der Waals surface area contributed by atoms with Crippen LogP contribution >= 0.6 is 15.9 Å². The van der Waals surface area contributed by atoms with Gasteiger partial charge in [0.1, 0.15) is 0 Å². The summed E-state index contributed by atoms with van der Waals surface area (Å²) < 4.78 is 3.25. The summed E-state index contributed by atoms with van der Waals surface area (Å²) in [6.07, 6.45) is 4.93. The third kappa shape index (κ3) is 2.62. The number of rotatable bonds is 4. The average Bonchev–Trinajstić information content (AvgIpc) is 2.81. The minimum Gasteiger partial charge on any atom is -0.341 e. The zero-order chi connectivity index (χ0) is 13.9. The van der Waals surface area contributed by atoms with Crippen LogP contribution in [0, 0.1) is 0 Å². The monoisotopic (exact) mass is 329 g/mol. The number of hydrogen-bond donors (Lipinski definition) is 1. The summed E-state index contributed by atoms with van der Waals surface area (Å²) in [6.45, 7) is 1.45. The zero-order valence-corrected chi connectivity index (χ0v) is 12.7. The summed E-state index contributed by atoms with van der Waals surface area (Å²) in [7, 11) is 0. The minimum atomic E-state index is 0.671. The van der Waals surface area contributed by atoms with Gasteiger partial charge in [-0.2, -0.15) is 0 Å². The van der Waals surface area contributed by atoms with E-state index in [1.165, 1.54) is 16.5 Å². The first-order valence-corrected chi connectivity index (χ1v) is 7.44. The van der Waals surface area contributed by atoms with E-state index in [-0.39, 0.29) is 0 Å². The standard InChI is InChI=1S/C16H16BrN3/c17-13-5-6-14(19-9-13)11-20-10-12(7-8-18)15-3-1-2-4-16(15)20/h1-6,9-10H,7-8,11,18H2. The highest BCUT2D eigenvalue weighted by Gasteiger charge is 2.08. The summed E-state index contributed by atoms with van der Waals surface area (Å²) in [4.78, 5) is 4.44. The molecule has 3 rings (SSSR count). The van der Waals surface area contributed by atoms with Crippen molar-refractivity contribution in [3.05, 3.63) is 64.5 Å². The first kappa shape index (κ1) is 13.3. The molecule has 3 nitrogen and oxygen atoms in total. The molecule has 1 aromatic carbocycles. The Morgan fingerprint density at radius 3 is 2.75 bits per heavy atom. The quantitative estimate of drug-likeness (QED) is 0.797. The van der Waals surface area contributed by atoms with E-state index in [0.29, 0.717) is 6.54 Å². The van der Waals surface area contributed by atoms with Crippen molar-refractivity contribution in [2.24, 2.45) is 5.73 Å². The molecule has 0 spiro atoms. The summed E-state index contributed by atoms with van der Waals surface area (Å²) in [5.41, 5.74) is 9.30. The maximum atomic E-state index is 5.70. The predicted octanol–water partition coefficient (Wildman–Crippen LogP) is 3.35. The van der Waals surface area contributed by atoms with Crippen molar-refractivity contribution in [2.45, 2.75) is 13.0 Å². The molecule has 20 heavy (non-hydrogen) atoms. The van der Waals surface area contributed by atoms with Crippen LogP contribution in [0.25, 0.3) is 10.9 Å². The summed E-state index contributed by atoms with van der Waals surface area (Å²) in [6, 6.07) is 12.5. The Bertz CT molecular complexity index is 716. The molecule has 2 aromatic heterocycles. The van der Waals surface area contributed by atoms with Gasteiger partial charge in [-0.3, -0.25) is 4.98 Å². The maximum absolute atomic E-state index is 5.70. The molecule has 102 valence electrons. The Balaban J connectivity index is 2.00. The summed E-state index contributed by atoms with van der Waals surface area (Å²) >= 11 is 3.41. The van der Waals surface area contributed by atoms with Crippen molar-refractivity contribution >= 4 is 26.8 Å². The number of pyridine rings is 1. The molecule has 0 aliphatic rings. The Morgan fingerprint density at radius 2 is 2.00 bits per heavy atom. The molecule has 0 aliphatic heterocycles. The van der Waals surface area contributed by atoms with Gasteiger partial charge in [0.2, 0.25) is 0 Å². The van der Waals surface area contributed by atoms with E-state index in [0.717, 1.165) is 23.1 Å². The average molecular weight is 330 g/mol. The summed E-state index contributed by atoms with van der Waals surface area (Å²) in [5, 5.41) is 1.29. The molecule has 0 saturated carbocycles. The lowest BCUT2D eigenvalue weighted by Gasteiger charge is -2.04. The van der Waals surface area contributed by atoms with Gasteiger partial charge in [-0.05, 0) is 52.7 Å². The number of hydrogen-bond acceptors (Lipinski definition) is 2. The molecular weight excluding hydrogens is 314 g/mol. The molecule has 0 atom stereocenters. The van der Waals surface area contributed by atoms with Crippen molar-refractivity contribution in [2.75, 3.05) is 6.54 Å². The molecule has 0 saturated heterocycles. The normalized spacial score (nSPS) is 11.1. The van der Waals surface area contributed by atoms with Gasteiger partial charge < -0.3 is 10.3 Å². The van der Waals surface area contributed by atoms with Crippen LogP contribution in [-0.2, 0) is 13.0 Å². The predicted molar refractivity (Wildman–Crippen MR) is 85.7 cm³/mol. The summed E-state index contributed by atoms with van der Waals surface area (Å²) in [5.74, 6) is 0. The Kier molecular flexibility index (Phi) is 3.85. The van der Waals surface area contributed by atoms with E-state index in [1.807, 2.05) is 18.3 Å². The third-order valence-corrected chi connectivity index (χ3v) is 3.87. The lowest BCUT2D eigenvalue weighted by atomic mass is 10.1. The second kappa shape index (κ2) is 5.77. The van der Waals surface area contributed by atoms with Crippen LogP contribution in [0.1, 0.15) is 11.3 Å². The number of halogens is 1. The van der Waals surface area contributed by atoms with Crippen LogP contribution in [0.15, 0.2) is 53.3 Å². The molecule has 0 unspecified atom stereocenters. The SMILES string of the molecule is NCCc1cn(Cc2ccc(Br)cn2)c2ccccc12. The van der Waals surface area contributed by atoms with Gasteiger partial charge in [0.05, 0.1) is 12.2 Å². The first-order valence-electron chi connectivity index (χ1n) is 6.65. The van der Waals surface area contributed by atoms with Crippen LogP contribution in [0.4, 0.5) is 0 Å². The molecule has 0 radical (unpaired) electrons. The molecule has 0 fully saturated rings. The smallest absolute Gasteiger partial charge is 0.0648 e. The van der Waals surface area contributed by atoms with E-state index in [1.54, 1.807) is 0 Å². The van der Waals surface area contributed by atoms with Crippen LogP contribution in [0.5, 0.6) is 0 Å². The van der Waals surface area contributed by atoms with Crippen molar-refractivity contribution in [1.29, 1.82) is 0 Å². The second-order valence-corrected chi connectivity index (χ2v) is 5.72. The van der Waals surface area contributed by atoms with Gasteiger partial charge in [-0.15, -0.1) is 0 Å². The fraction of sp³-hybridized carbons (Fsp3) is 0.188. The topological polar surface area (TPSA) is 43.8 Å². The molecule has 4 heteroatoms. The number of nitrogens with two attached hydrogens (primary N) is 1. The van der Waals surface area contributed by atoms with Crippen molar-refractivity contribution in [3.63, 3.8) is 0 Å². The van der Waals surface area contributed by atoms with Gasteiger partial charge in [0, 0.05) is 27.8 Å². The van der Waals surface area contributed by atoms with Gasteiger partial charge in [-0.1, -0.05) is 18.2 Å². The van der Waals surface area contributed by atoms with Crippen LogP contribution in [0.3, 0.4) is 0 Å². The number of para-hydroxylation sites is 1. The maximum Gasteiger partial charge on any atom is 0.0648 e. The Hall–Kier alpha value is -1.65. The molecule has 2 heterocycles. The number of aromatic nitrogens is 2. The number of nitrogens with zero attached hydrogens (tertiary/aromatic N) is 2. The van der Waals surface area contributed by atoms with Gasteiger partial charge in [0.15, 0.2) is 0 Å². The third-order valence-electron chi connectivity index (χ3n) is 3.41. The minimum absolute atomic E-state index is 0.671. The van der Waals surface area contributed by atoms with E-state index < -0.39 is 0 Å². The van der Waals surface area contributed by atoms with Gasteiger partial charge in [0.25, 0.3) is 0 Å². The Morgan fingerprint density at radius 1 is 1.15 bits per heavy atom. The Labute approximate surface area is 126 Å². The highest BCUT2D eigenvalue weighted by atomic mass is 79.9. The van der Waals surface area contributed by atoms with Crippen molar-refractivity contribution in [1.82, 2.24) is 9.55 Å². The van der Waals surface area contributed by atoms with Crippen LogP contribution in [-0.4, -0.2) is 16.1 Å². The molecule has 0 bridgehead atoms. The van der Waals surface area contributed by atoms with Gasteiger partial charge in [-0.25, -0.2) is 0 Å². The second-order valence-electron chi connectivity index (χ2n) is 4.81. The van der Waals surface area contributed by atoms with E-state index >= 15 is 0 Å².